The molecule has 2 aliphatic heterocycles. The molecule has 4 rings (SSSR count). The van der Waals surface area contributed by atoms with Crippen LogP contribution in [-0.4, -0.2) is 36.1 Å². The van der Waals surface area contributed by atoms with Crippen molar-refractivity contribution in [3.8, 4) is 0 Å². The molecule has 6 nitrogen and oxygen atoms in total. The zero-order valence-electron chi connectivity index (χ0n) is 18.3. The summed E-state index contributed by atoms with van der Waals surface area (Å²) >= 11 is 0. The normalized spacial score (nSPS) is 20.1. The molecule has 0 bridgehead atoms. The first kappa shape index (κ1) is 23.9. The third-order valence-electron chi connectivity index (χ3n) is 5.68. The lowest BCUT2D eigenvalue weighted by atomic mass is 9.84. The summed E-state index contributed by atoms with van der Waals surface area (Å²) in [4.78, 5) is 14.5. The van der Waals surface area contributed by atoms with Gasteiger partial charge in [-0.05, 0) is 29.2 Å². The first-order chi connectivity index (χ1) is 15.6. The Balaban J connectivity index is 1.81. The van der Waals surface area contributed by atoms with E-state index in [0.29, 0.717) is 12.1 Å². The van der Waals surface area contributed by atoms with Crippen molar-refractivity contribution in [1.82, 2.24) is 4.90 Å². The molecule has 0 aliphatic carbocycles. The van der Waals surface area contributed by atoms with Crippen molar-refractivity contribution < 1.29 is 35.9 Å². The van der Waals surface area contributed by atoms with Gasteiger partial charge in [-0.2, -0.15) is 26.0 Å². The van der Waals surface area contributed by atoms with E-state index in [9.17, 15) is 35.9 Å². The summed E-state index contributed by atoms with van der Waals surface area (Å²) in [5.74, 6) is -2.66. The van der Waals surface area contributed by atoms with Gasteiger partial charge in [0.05, 0.1) is 16.5 Å². The number of amides is 1. The molecule has 0 saturated carbocycles. The van der Waals surface area contributed by atoms with Crippen molar-refractivity contribution in [3.63, 3.8) is 0 Å². The van der Waals surface area contributed by atoms with Gasteiger partial charge >= 0.3 is 6.18 Å². The van der Waals surface area contributed by atoms with Crippen LogP contribution in [0.25, 0.3) is 0 Å². The second-order valence-electron chi connectivity index (χ2n) is 9.18. The summed E-state index contributed by atoms with van der Waals surface area (Å²) < 4.78 is 82.0. The zero-order chi connectivity index (χ0) is 25.2. The molecule has 0 fully saturated rings. The first-order valence-electron chi connectivity index (χ1n) is 10.2. The monoisotopic (exact) mass is 496 g/mol. The van der Waals surface area contributed by atoms with E-state index in [4.69, 9.17) is 0 Å². The standard InChI is InChI=1S/C23H20F4N2O4S/c1-22(2,3)20-19(30)17(18-13-6-4-5-7-16(13)34(32,33)28-18)21(31)29(20)11-12-8-9-15(24)14(10-12)23(25,26)27/h4-10,20,30H,11H2,1-3H3/t20-/m1/s1. The molecule has 1 amide bonds. The van der Waals surface area contributed by atoms with Crippen molar-refractivity contribution >= 4 is 21.6 Å². The Morgan fingerprint density at radius 3 is 2.35 bits per heavy atom. The molecule has 0 radical (unpaired) electrons. The highest BCUT2D eigenvalue weighted by Crippen LogP contribution is 2.41. The number of nitrogens with zero attached hydrogens (tertiary/aromatic N) is 2. The minimum absolute atomic E-state index is 0.00763. The smallest absolute Gasteiger partial charge is 0.419 e. The van der Waals surface area contributed by atoms with Crippen molar-refractivity contribution in [2.24, 2.45) is 9.81 Å². The summed E-state index contributed by atoms with van der Waals surface area (Å²) in [6.07, 6.45) is -4.93. The predicted octanol–water partition coefficient (Wildman–Crippen LogP) is 4.61. The van der Waals surface area contributed by atoms with Gasteiger partial charge in [0.25, 0.3) is 15.9 Å². The van der Waals surface area contributed by atoms with Gasteiger partial charge in [0.2, 0.25) is 0 Å². The van der Waals surface area contributed by atoms with Crippen molar-refractivity contribution in [3.05, 3.63) is 76.3 Å². The molecule has 1 N–H and O–H groups in total. The van der Waals surface area contributed by atoms with E-state index >= 15 is 0 Å². The Hall–Kier alpha value is -3.21. The molecule has 11 heteroatoms. The van der Waals surface area contributed by atoms with Gasteiger partial charge in [0, 0.05) is 12.1 Å². The number of sulfonamides is 1. The molecule has 2 heterocycles. The topological polar surface area (TPSA) is 87.0 Å². The van der Waals surface area contributed by atoms with E-state index in [2.05, 4.69) is 4.40 Å². The molecule has 34 heavy (non-hydrogen) atoms. The van der Waals surface area contributed by atoms with Crippen molar-refractivity contribution in [1.29, 1.82) is 0 Å². The summed E-state index contributed by atoms with van der Waals surface area (Å²) in [7, 11) is -4.09. The molecule has 2 aromatic rings. The Kier molecular flexibility index (Phi) is 5.39. The number of aliphatic hydroxyl groups excluding tert-OH is 1. The number of aliphatic hydroxyl groups is 1. The van der Waals surface area contributed by atoms with Crippen LogP contribution in [0.5, 0.6) is 0 Å². The summed E-state index contributed by atoms with van der Waals surface area (Å²) in [6.45, 7) is 4.76. The first-order valence-corrected chi connectivity index (χ1v) is 11.6. The van der Waals surface area contributed by atoms with E-state index in [-0.39, 0.29) is 33.9 Å². The zero-order valence-corrected chi connectivity index (χ0v) is 19.1. The number of carbonyl (C=O) groups is 1. The minimum atomic E-state index is -4.93. The maximum absolute atomic E-state index is 13.7. The van der Waals surface area contributed by atoms with Crippen LogP contribution in [0, 0.1) is 11.2 Å². The minimum Gasteiger partial charge on any atom is -0.509 e. The van der Waals surface area contributed by atoms with Crippen LogP contribution >= 0.6 is 0 Å². The predicted molar refractivity (Wildman–Crippen MR) is 115 cm³/mol. The Labute approximate surface area is 193 Å². The second kappa shape index (κ2) is 7.66. The average Bonchev–Trinajstić information content (AvgIpc) is 3.12. The van der Waals surface area contributed by atoms with E-state index in [1.165, 1.54) is 18.2 Å². The van der Waals surface area contributed by atoms with Crippen LogP contribution in [0.3, 0.4) is 0 Å². The van der Waals surface area contributed by atoms with Gasteiger partial charge in [0.15, 0.2) is 0 Å². The van der Waals surface area contributed by atoms with Crippen LogP contribution < -0.4 is 0 Å². The molecule has 2 aliphatic rings. The lowest BCUT2D eigenvalue weighted by Gasteiger charge is -2.35. The van der Waals surface area contributed by atoms with Crippen LogP contribution in [-0.2, 0) is 27.5 Å². The number of fused-ring (bicyclic) bond motifs is 1. The number of halogens is 4. The summed E-state index contributed by atoms with van der Waals surface area (Å²) in [5.41, 5.74) is -2.66. The third-order valence-corrected chi connectivity index (χ3v) is 7.01. The molecule has 1 atom stereocenters. The highest BCUT2D eigenvalue weighted by Gasteiger charge is 2.49. The second-order valence-corrected chi connectivity index (χ2v) is 10.8. The van der Waals surface area contributed by atoms with E-state index < -0.39 is 50.7 Å². The van der Waals surface area contributed by atoms with Gasteiger partial charge in [-0.1, -0.05) is 45.0 Å². The van der Waals surface area contributed by atoms with Gasteiger partial charge in [-0.15, -0.1) is 0 Å². The fourth-order valence-corrected chi connectivity index (χ4v) is 5.51. The van der Waals surface area contributed by atoms with Gasteiger partial charge in [0.1, 0.15) is 22.9 Å². The van der Waals surface area contributed by atoms with Gasteiger partial charge < -0.3 is 10.0 Å². The number of alkyl halides is 3. The van der Waals surface area contributed by atoms with Gasteiger partial charge in [-0.3, -0.25) is 4.79 Å². The lowest BCUT2D eigenvalue weighted by molar-refractivity contribution is -0.140. The largest absolute Gasteiger partial charge is 0.509 e. The fourth-order valence-electron chi connectivity index (χ4n) is 4.29. The summed E-state index contributed by atoms with van der Waals surface area (Å²) in [6, 6.07) is 7.25. The number of hydrogen-bond donors (Lipinski definition) is 1. The molecular weight excluding hydrogens is 476 g/mol. The number of benzene rings is 2. The third kappa shape index (κ3) is 3.87. The number of hydrogen-bond acceptors (Lipinski definition) is 4. The highest BCUT2D eigenvalue weighted by atomic mass is 32.2. The lowest BCUT2D eigenvalue weighted by Crippen LogP contribution is -2.43. The molecule has 2 aromatic carbocycles. The van der Waals surface area contributed by atoms with E-state index in [0.717, 1.165) is 11.0 Å². The molecule has 0 unspecified atom stereocenters. The Morgan fingerprint density at radius 1 is 1.09 bits per heavy atom. The summed E-state index contributed by atoms with van der Waals surface area (Å²) in [5, 5.41) is 11.1. The van der Waals surface area contributed by atoms with E-state index in [1.54, 1.807) is 26.8 Å². The number of rotatable bonds is 3. The number of carbonyl (C=O) groups excluding carboxylic acids is 1. The van der Waals surface area contributed by atoms with Crippen molar-refractivity contribution in [2.75, 3.05) is 0 Å². The molecule has 0 aromatic heterocycles. The van der Waals surface area contributed by atoms with Crippen LogP contribution in [0.4, 0.5) is 17.6 Å². The maximum Gasteiger partial charge on any atom is 0.419 e. The molecule has 0 saturated heterocycles. The maximum atomic E-state index is 13.7. The quantitative estimate of drug-likeness (QED) is 0.629. The van der Waals surface area contributed by atoms with E-state index in [1.807, 2.05) is 0 Å². The molecule has 180 valence electrons. The highest BCUT2D eigenvalue weighted by molar-refractivity contribution is 7.90. The molecule has 0 spiro atoms. The molecular formula is C23H20F4N2O4S. The Morgan fingerprint density at radius 2 is 1.74 bits per heavy atom. The van der Waals surface area contributed by atoms with Gasteiger partial charge in [-0.25, -0.2) is 4.39 Å². The average molecular weight is 496 g/mol. The van der Waals surface area contributed by atoms with Crippen LogP contribution in [0.1, 0.15) is 37.5 Å². The van der Waals surface area contributed by atoms with Crippen LogP contribution in [0.2, 0.25) is 0 Å². The van der Waals surface area contributed by atoms with Crippen LogP contribution in [0.15, 0.2) is 63.1 Å². The SMILES string of the molecule is CC(C)(C)[C@H]1C(O)=C(C2=NS(=O)(=O)c3ccccc32)C(=O)N1Cc1ccc(F)c(C(F)(F)F)c1. The van der Waals surface area contributed by atoms with Crippen molar-refractivity contribution in [2.45, 2.75) is 44.4 Å². The Bertz CT molecular complexity index is 1370. The fraction of sp³-hybridized carbons (Fsp3) is 0.304.